The van der Waals surface area contributed by atoms with Crippen molar-refractivity contribution in [2.45, 2.75) is 44.1 Å². The van der Waals surface area contributed by atoms with E-state index in [4.69, 9.17) is 5.21 Å². The van der Waals surface area contributed by atoms with Gasteiger partial charge in [-0.3, -0.25) is 10.1 Å². The van der Waals surface area contributed by atoms with Crippen LogP contribution in [0.3, 0.4) is 0 Å². The van der Waals surface area contributed by atoms with Crippen LogP contribution in [0.25, 0.3) is 0 Å². The van der Waals surface area contributed by atoms with E-state index < -0.39 is 5.54 Å². The maximum Gasteiger partial charge on any atom is 0.227 e. The highest BCUT2D eigenvalue weighted by atomic mass is 16.6. The number of oxime groups is 1. The Balaban J connectivity index is 2.67. The number of rotatable bonds is 3. The third kappa shape index (κ3) is 2.17. The third-order valence-electron chi connectivity index (χ3n) is 2.72. The lowest BCUT2D eigenvalue weighted by Gasteiger charge is -2.27. The maximum absolute atomic E-state index is 10.8. The molecule has 0 radical (unpaired) electrons. The van der Waals surface area contributed by atoms with Gasteiger partial charge >= 0.3 is 0 Å². The number of nitrogens with zero attached hydrogens (tertiary/aromatic N) is 2. The molecule has 0 aliphatic heterocycles. The first-order valence-electron chi connectivity index (χ1n) is 4.52. The van der Waals surface area contributed by atoms with Crippen molar-refractivity contribution in [2.75, 3.05) is 0 Å². The van der Waals surface area contributed by atoms with E-state index in [2.05, 4.69) is 5.16 Å². The molecule has 0 aromatic carbocycles. The van der Waals surface area contributed by atoms with Crippen LogP contribution in [0, 0.1) is 10.1 Å². The zero-order valence-electron chi connectivity index (χ0n) is 7.48. The number of hydrogen-bond donors (Lipinski definition) is 1. The van der Waals surface area contributed by atoms with Gasteiger partial charge in [0.2, 0.25) is 5.54 Å². The maximum atomic E-state index is 10.8. The average molecular weight is 186 g/mol. The van der Waals surface area contributed by atoms with Crippen molar-refractivity contribution < 1.29 is 10.1 Å². The minimum Gasteiger partial charge on any atom is -0.411 e. The van der Waals surface area contributed by atoms with Gasteiger partial charge in [0.25, 0.3) is 0 Å². The van der Waals surface area contributed by atoms with Crippen LogP contribution >= 0.6 is 0 Å². The Bertz CT molecular complexity index is 209. The van der Waals surface area contributed by atoms with E-state index in [-0.39, 0.29) is 11.3 Å². The zero-order valence-corrected chi connectivity index (χ0v) is 7.48. The second-order valence-electron chi connectivity index (χ2n) is 3.54. The molecule has 0 saturated heterocycles. The van der Waals surface area contributed by atoms with Gasteiger partial charge in [-0.2, -0.15) is 0 Å². The van der Waals surface area contributed by atoms with Crippen molar-refractivity contribution in [3.63, 3.8) is 0 Å². The molecular weight excluding hydrogens is 172 g/mol. The first kappa shape index (κ1) is 9.95. The summed E-state index contributed by atoms with van der Waals surface area (Å²) in [5.74, 6) is 0. The first-order valence-corrected chi connectivity index (χ1v) is 4.52. The molecule has 0 spiro atoms. The van der Waals surface area contributed by atoms with Gasteiger partial charge < -0.3 is 5.21 Å². The topological polar surface area (TPSA) is 75.7 Å². The van der Waals surface area contributed by atoms with Crippen LogP contribution in [-0.2, 0) is 0 Å². The molecule has 5 nitrogen and oxygen atoms in total. The standard InChI is InChI=1S/C8H14N2O3/c11-9-7-6-8(10(12)13)4-2-1-3-5-8/h7,11H,1-6H2/b9-7-. The summed E-state index contributed by atoms with van der Waals surface area (Å²) in [6.45, 7) is 0. The second kappa shape index (κ2) is 4.20. The van der Waals surface area contributed by atoms with Crippen LogP contribution < -0.4 is 0 Å². The quantitative estimate of drug-likeness (QED) is 0.316. The molecule has 0 aromatic rings. The van der Waals surface area contributed by atoms with Gasteiger partial charge in [-0.1, -0.05) is 6.42 Å². The van der Waals surface area contributed by atoms with E-state index in [0.29, 0.717) is 12.8 Å². The highest BCUT2D eigenvalue weighted by Crippen LogP contribution is 2.33. The molecule has 0 heterocycles. The molecule has 1 N–H and O–H groups in total. The van der Waals surface area contributed by atoms with Crippen LogP contribution in [0.4, 0.5) is 0 Å². The van der Waals surface area contributed by atoms with Crippen LogP contribution in [0.2, 0.25) is 0 Å². The normalized spacial score (nSPS) is 21.8. The van der Waals surface area contributed by atoms with Gasteiger partial charge in [-0.05, 0) is 12.8 Å². The van der Waals surface area contributed by atoms with Gasteiger partial charge in [-0.25, -0.2) is 0 Å². The summed E-state index contributed by atoms with van der Waals surface area (Å²) in [5.41, 5.74) is -0.857. The Labute approximate surface area is 76.6 Å². The molecule has 0 bridgehead atoms. The Morgan fingerprint density at radius 2 is 2.08 bits per heavy atom. The molecule has 1 rings (SSSR count). The van der Waals surface area contributed by atoms with Gasteiger partial charge in [0.15, 0.2) is 0 Å². The van der Waals surface area contributed by atoms with Gasteiger partial charge in [0.05, 0.1) is 12.6 Å². The van der Waals surface area contributed by atoms with E-state index >= 15 is 0 Å². The van der Waals surface area contributed by atoms with Gasteiger partial charge in [0.1, 0.15) is 0 Å². The van der Waals surface area contributed by atoms with E-state index in [1.807, 2.05) is 0 Å². The first-order chi connectivity index (χ1) is 6.21. The second-order valence-corrected chi connectivity index (χ2v) is 3.54. The Hall–Kier alpha value is -1.13. The molecule has 74 valence electrons. The summed E-state index contributed by atoms with van der Waals surface area (Å²) in [7, 11) is 0. The highest BCUT2D eigenvalue weighted by Gasteiger charge is 2.42. The van der Waals surface area contributed by atoms with Crippen LogP contribution in [-0.4, -0.2) is 21.9 Å². The summed E-state index contributed by atoms with van der Waals surface area (Å²) in [6, 6.07) is 0. The summed E-state index contributed by atoms with van der Waals surface area (Å²) in [6.07, 6.45) is 5.56. The molecule has 0 unspecified atom stereocenters. The van der Waals surface area contributed by atoms with E-state index in [1.54, 1.807) is 0 Å². The molecule has 0 atom stereocenters. The molecule has 13 heavy (non-hydrogen) atoms. The molecule has 0 amide bonds. The summed E-state index contributed by atoms with van der Waals surface area (Å²) in [4.78, 5) is 10.6. The van der Waals surface area contributed by atoms with E-state index in [9.17, 15) is 10.1 Å². The predicted octanol–water partition coefficient (Wildman–Crippen LogP) is 1.82. The molecule has 1 aliphatic rings. The van der Waals surface area contributed by atoms with Crippen molar-refractivity contribution in [1.82, 2.24) is 0 Å². The monoisotopic (exact) mass is 186 g/mol. The van der Waals surface area contributed by atoms with Gasteiger partial charge in [0, 0.05) is 17.8 Å². The fourth-order valence-corrected chi connectivity index (χ4v) is 1.88. The van der Waals surface area contributed by atoms with Gasteiger partial charge in [-0.15, -0.1) is 5.16 Å². The lowest BCUT2D eigenvalue weighted by molar-refractivity contribution is -0.572. The summed E-state index contributed by atoms with van der Waals surface area (Å²) >= 11 is 0. The molecular formula is C8H14N2O3. The minimum atomic E-state index is -0.857. The molecule has 1 aliphatic carbocycles. The molecule has 1 fully saturated rings. The van der Waals surface area contributed by atoms with Crippen LogP contribution in [0.5, 0.6) is 0 Å². The number of nitro groups is 1. The Morgan fingerprint density at radius 1 is 1.46 bits per heavy atom. The minimum absolute atomic E-state index is 0.214. The predicted molar refractivity (Wildman–Crippen MR) is 47.7 cm³/mol. The highest BCUT2D eigenvalue weighted by molar-refractivity contribution is 5.57. The lowest BCUT2D eigenvalue weighted by Crippen LogP contribution is -2.40. The average Bonchev–Trinajstić information content (AvgIpc) is 2.16. The van der Waals surface area contributed by atoms with Crippen LogP contribution in [0.15, 0.2) is 5.16 Å². The largest absolute Gasteiger partial charge is 0.411 e. The summed E-state index contributed by atoms with van der Waals surface area (Å²) < 4.78 is 0. The fourth-order valence-electron chi connectivity index (χ4n) is 1.88. The fraction of sp³-hybridized carbons (Fsp3) is 0.875. The van der Waals surface area contributed by atoms with Crippen LogP contribution in [0.1, 0.15) is 38.5 Å². The van der Waals surface area contributed by atoms with E-state index in [1.165, 1.54) is 6.21 Å². The van der Waals surface area contributed by atoms with Crippen molar-refractivity contribution in [3.8, 4) is 0 Å². The third-order valence-corrected chi connectivity index (χ3v) is 2.72. The lowest BCUT2D eigenvalue weighted by atomic mass is 9.80. The Kier molecular flexibility index (Phi) is 3.22. The molecule has 1 saturated carbocycles. The SMILES string of the molecule is O=[N+]([O-])C1(C/C=N\O)CCCCC1. The molecule has 0 aromatic heterocycles. The zero-order chi connectivity index (χ0) is 9.73. The van der Waals surface area contributed by atoms with Crippen molar-refractivity contribution in [3.05, 3.63) is 10.1 Å². The van der Waals surface area contributed by atoms with Crippen molar-refractivity contribution in [1.29, 1.82) is 0 Å². The van der Waals surface area contributed by atoms with Crippen molar-refractivity contribution in [2.24, 2.45) is 5.16 Å². The molecule has 5 heteroatoms. The summed E-state index contributed by atoms with van der Waals surface area (Å²) in [5, 5.41) is 21.9. The number of hydrogen-bond acceptors (Lipinski definition) is 4. The van der Waals surface area contributed by atoms with E-state index in [0.717, 1.165) is 19.3 Å². The smallest absolute Gasteiger partial charge is 0.227 e. The Morgan fingerprint density at radius 3 is 2.54 bits per heavy atom. The van der Waals surface area contributed by atoms with Crippen molar-refractivity contribution >= 4 is 6.21 Å².